The molecule has 0 saturated carbocycles. The smallest absolute Gasteiger partial charge is 0.317 e. The van der Waals surface area contributed by atoms with Crippen molar-refractivity contribution in [1.29, 1.82) is 0 Å². The van der Waals surface area contributed by atoms with E-state index in [4.69, 9.17) is 5.11 Å². The van der Waals surface area contributed by atoms with E-state index >= 15 is 0 Å². The SMILES string of the molecule is COC(=O)CCCN(C)C(=O)NCCC(=O)O. The molecule has 0 aromatic rings. The molecular weight excluding hydrogens is 228 g/mol. The molecule has 0 aromatic heterocycles. The Morgan fingerprint density at radius 2 is 1.94 bits per heavy atom. The van der Waals surface area contributed by atoms with Crippen LogP contribution in [0.3, 0.4) is 0 Å². The second-order valence-electron chi connectivity index (χ2n) is 3.48. The average Bonchev–Trinajstić information content (AvgIpc) is 2.27. The van der Waals surface area contributed by atoms with Crippen LogP contribution in [0, 0.1) is 0 Å². The number of carbonyl (C=O) groups is 3. The lowest BCUT2D eigenvalue weighted by Gasteiger charge is -2.17. The van der Waals surface area contributed by atoms with Crippen molar-refractivity contribution in [3.63, 3.8) is 0 Å². The third kappa shape index (κ3) is 8.06. The zero-order valence-corrected chi connectivity index (χ0v) is 10.1. The number of aliphatic carboxylic acids is 1. The summed E-state index contributed by atoms with van der Waals surface area (Å²) < 4.78 is 4.46. The van der Waals surface area contributed by atoms with E-state index in [0.29, 0.717) is 13.0 Å². The van der Waals surface area contributed by atoms with Crippen molar-refractivity contribution >= 4 is 18.0 Å². The normalized spacial score (nSPS) is 9.53. The predicted molar refractivity (Wildman–Crippen MR) is 59.5 cm³/mol. The maximum absolute atomic E-state index is 11.4. The summed E-state index contributed by atoms with van der Waals surface area (Å²) in [5.41, 5.74) is 0. The van der Waals surface area contributed by atoms with E-state index in [-0.39, 0.29) is 31.4 Å². The summed E-state index contributed by atoms with van der Waals surface area (Å²) >= 11 is 0. The maximum Gasteiger partial charge on any atom is 0.317 e. The highest BCUT2D eigenvalue weighted by molar-refractivity contribution is 5.75. The van der Waals surface area contributed by atoms with E-state index in [1.807, 2.05) is 0 Å². The molecular formula is C10H18N2O5. The molecule has 7 nitrogen and oxygen atoms in total. The number of esters is 1. The first-order valence-corrected chi connectivity index (χ1v) is 5.25. The highest BCUT2D eigenvalue weighted by atomic mass is 16.5. The van der Waals surface area contributed by atoms with Crippen LogP contribution in [0.5, 0.6) is 0 Å². The number of hydrogen-bond acceptors (Lipinski definition) is 4. The minimum atomic E-state index is -0.960. The molecule has 17 heavy (non-hydrogen) atoms. The number of nitrogens with zero attached hydrogens (tertiary/aromatic N) is 1. The minimum Gasteiger partial charge on any atom is -0.481 e. The Morgan fingerprint density at radius 3 is 2.47 bits per heavy atom. The predicted octanol–water partition coefficient (Wildman–Crippen LogP) is 0.0557. The summed E-state index contributed by atoms with van der Waals surface area (Å²) in [4.78, 5) is 33.8. The third-order valence-electron chi connectivity index (χ3n) is 2.06. The van der Waals surface area contributed by atoms with Gasteiger partial charge >= 0.3 is 18.0 Å². The molecule has 0 fully saturated rings. The van der Waals surface area contributed by atoms with Crippen molar-refractivity contribution < 1.29 is 24.2 Å². The van der Waals surface area contributed by atoms with Gasteiger partial charge in [0.15, 0.2) is 0 Å². The van der Waals surface area contributed by atoms with Crippen molar-refractivity contribution in [2.75, 3.05) is 27.2 Å². The largest absolute Gasteiger partial charge is 0.481 e. The summed E-state index contributed by atoms with van der Waals surface area (Å²) in [6.07, 6.45) is 0.653. The number of urea groups is 1. The van der Waals surface area contributed by atoms with E-state index in [9.17, 15) is 14.4 Å². The average molecular weight is 246 g/mol. The van der Waals surface area contributed by atoms with Gasteiger partial charge in [0.1, 0.15) is 0 Å². The Hall–Kier alpha value is -1.79. The third-order valence-corrected chi connectivity index (χ3v) is 2.06. The van der Waals surface area contributed by atoms with Crippen molar-refractivity contribution in [3.8, 4) is 0 Å². The van der Waals surface area contributed by atoms with E-state index in [1.54, 1.807) is 7.05 Å². The van der Waals surface area contributed by atoms with Gasteiger partial charge in [0.05, 0.1) is 13.5 Å². The van der Waals surface area contributed by atoms with Gasteiger partial charge in [-0.15, -0.1) is 0 Å². The van der Waals surface area contributed by atoms with Gasteiger partial charge in [0.25, 0.3) is 0 Å². The molecule has 0 aliphatic carbocycles. The molecule has 0 rings (SSSR count). The summed E-state index contributed by atoms with van der Waals surface area (Å²) in [7, 11) is 2.89. The van der Waals surface area contributed by atoms with Gasteiger partial charge in [0.2, 0.25) is 0 Å². The maximum atomic E-state index is 11.4. The first-order valence-electron chi connectivity index (χ1n) is 5.25. The van der Waals surface area contributed by atoms with E-state index in [0.717, 1.165) is 0 Å². The molecule has 98 valence electrons. The molecule has 7 heteroatoms. The van der Waals surface area contributed by atoms with E-state index in [2.05, 4.69) is 10.1 Å². The zero-order chi connectivity index (χ0) is 13.3. The molecule has 0 spiro atoms. The second-order valence-corrected chi connectivity index (χ2v) is 3.48. The van der Waals surface area contributed by atoms with Crippen molar-refractivity contribution in [3.05, 3.63) is 0 Å². The standard InChI is InChI=1S/C10H18N2O5/c1-12(7-3-4-9(15)17-2)10(16)11-6-5-8(13)14/h3-7H2,1-2H3,(H,11,16)(H,13,14). The molecule has 2 N–H and O–H groups in total. The summed E-state index contributed by atoms with van der Waals surface area (Å²) in [6.45, 7) is 0.503. The van der Waals surface area contributed by atoms with E-state index in [1.165, 1.54) is 12.0 Å². The minimum absolute atomic E-state index is 0.0928. The van der Waals surface area contributed by atoms with Gasteiger partial charge in [-0.1, -0.05) is 0 Å². The summed E-state index contributed by atoms with van der Waals surface area (Å²) in [5, 5.41) is 10.8. The van der Waals surface area contributed by atoms with Gasteiger partial charge in [-0.25, -0.2) is 4.79 Å². The second kappa shape index (κ2) is 8.37. The molecule has 0 aliphatic heterocycles. The first kappa shape index (κ1) is 15.2. The van der Waals surface area contributed by atoms with Crippen LogP contribution in [0.25, 0.3) is 0 Å². The number of nitrogens with one attached hydrogen (secondary N) is 1. The lowest BCUT2D eigenvalue weighted by atomic mass is 10.3. The van der Waals surface area contributed by atoms with Crippen LogP contribution in [0.15, 0.2) is 0 Å². The van der Waals surface area contributed by atoms with Gasteiger partial charge in [-0.2, -0.15) is 0 Å². The van der Waals surface area contributed by atoms with Crippen LogP contribution in [-0.2, 0) is 14.3 Å². The van der Waals surface area contributed by atoms with Gasteiger partial charge in [-0.05, 0) is 6.42 Å². The van der Waals surface area contributed by atoms with Crippen LogP contribution in [0.4, 0.5) is 4.79 Å². The Bertz CT molecular complexity index is 280. The topological polar surface area (TPSA) is 95.9 Å². The fourth-order valence-corrected chi connectivity index (χ4v) is 1.08. The molecule has 0 radical (unpaired) electrons. The Balaban J connectivity index is 3.67. The van der Waals surface area contributed by atoms with Crippen molar-refractivity contribution in [2.24, 2.45) is 0 Å². The monoisotopic (exact) mass is 246 g/mol. The number of carboxylic acids is 1. The fraction of sp³-hybridized carbons (Fsp3) is 0.700. The molecule has 0 aliphatic rings. The van der Waals surface area contributed by atoms with Gasteiger partial charge < -0.3 is 20.1 Å². The molecule has 0 aromatic carbocycles. The zero-order valence-electron chi connectivity index (χ0n) is 10.1. The summed E-state index contributed by atoms with van der Waals surface area (Å²) in [5.74, 6) is -1.27. The number of ether oxygens (including phenoxy) is 1. The molecule has 0 bridgehead atoms. The number of methoxy groups -OCH3 is 1. The highest BCUT2D eigenvalue weighted by Gasteiger charge is 2.09. The van der Waals surface area contributed by atoms with Crippen LogP contribution in [-0.4, -0.2) is 55.2 Å². The molecule has 0 unspecified atom stereocenters. The number of amides is 2. The van der Waals surface area contributed by atoms with Crippen LogP contribution in [0.2, 0.25) is 0 Å². The van der Waals surface area contributed by atoms with Crippen LogP contribution >= 0.6 is 0 Å². The number of hydrogen-bond donors (Lipinski definition) is 2. The summed E-state index contributed by atoms with van der Waals surface area (Å²) in [6, 6.07) is -0.351. The van der Waals surface area contributed by atoms with Gasteiger partial charge in [-0.3, -0.25) is 9.59 Å². The molecule has 0 atom stereocenters. The van der Waals surface area contributed by atoms with Gasteiger partial charge in [0, 0.05) is 26.6 Å². The number of rotatable bonds is 7. The lowest BCUT2D eigenvalue weighted by molar-refractivity contribution is -0.141. The molecule has 0 heterocycles. The number of carboxylic acid groups (broad SMARTS) is 1. The van der Waals surface area contributed by atoms with Crippen molar-refractivity contribution in [2.45, 2.75) is 19.3 Å². The Labute approximate surface area is 99.7 Å². The Kier molecular flexibility index (Phi) is 7.49. The Morgan fingerprint density at radius 1 is 1.29 bits per heavy atom. The highest BCUT2D eigenvalue weighted by Crippen LogP contribution is 1.95. The number of carbonyl (C=O) groups excluding carboxylic acids is 2. The first-order chi connectivity index (χ1) is 7.97. The quantitative estimate of drug-likeness (QED) is 0.619. The molecule has 2 amide bonds. The van der Waals surface area contributed by atoms with Crippen LogP contribution in [0.1, 0.15) is 19.3 Å². The lowest BCUT2D eigenvalue weighted by Crippen LogP contribution is -2.38. The molecule has 0 saturated heterocycles. The van der Waals surface area contributed by atoms with E-state index < -0.39 is 5.97 Å². The van der Waals surface area contributed by atoms with Crippen molar-refractivity contribution in [1.82, 2.24) is 10.2 Å². The fourth-order valence-electron chi connectivity index (χ4n) is 1.08. The van der Waals surface area contributed by atoms with Crippen LogP contribution < -0.4 is 5.32 Å².